The molecule has 0 saturated heterocycles. The number of carbonyl (C=O) groups is 1. The van der Waals surface area contributed by atoms with Gasteiger partial charge in [0.15, 0.2) is 11.5 Å². The number of amides is 1. The number of ether oxygens (including phenoxy) is 2. The molecule has 0 aliphatic carbocycles. The van der Waals surface area contributed by atoms with E-state index in [1.54, 1.807) is 19.2 Å². The summed E-state index contributed by atoms with van der Waals surface area (Å²) in [5.41, 5.74) is 2.50. The van der Waals surface area contributed by atoms with E-state index in [1.807, 2.05) is 26.0 Å². The second-order valence-corrected chi connectivity index (χ2v) is 8.97. The van der Waals surface area contributed by atoms with Gasteiger partial charge in [-0.15, -0.1) is 0 Å². The highest BCUT2D eigenvalue weighted by Crippen LogP contribution is 2.32. The van der Waals surface area contributed by atoms with Gasteiger partial charge < -0.3 is 9.47 Å². The molecule has 0 aromatic heterocycles. The van der Waals surface area contributed by atoms with Crippen molar-refractivity contribution in [2.24, 2.45) is 0 Å². The van der Waals surface area contributed by atoms with Gasteiger partial charge in [0, 0.05) is 11.9 Å². The van der Waals surface area contributed by atoms with E-state index in [1.165, 1.54) is 21.8 Å². The average Bonchev–Trinajstić information content (AvgIpc) is 2.57. The Morgan fingerprint density at radius 1 is 1.07 bits per heavy atom. The van der Waals surface area contributed by atoms with E-state index in [4.69, 9.17) is 9.47 Å². The van der Waals surface area contributed by atoms with Crippen LogP contribution >= 0.6 is 11.9 Å². The predicted octanol–water partition coefficient (Wildman–Crippen LogP) is 6.22. The van der Waals surface area contributed by atoms with Crippen LogP contribution in [0.1, 0.15) is 45.7 Å². The number of aryl methyl sites for hydroxylation is 1. The van der Waals surface area contributed by atoms with Gasteiger partial charge in [0.05, 0.1) is 6.10 Å². The van der Waals surface area contributed by atoms with Crippen LogP contribution in [0.5, 0.6) is 11.5 Å². The van der Waals surface area contributed by atoms with E-state index < -0.39 is 6.09 Å². The fraction of sp³-hybridized carbons (Fsp3) is 0.409. The highest BCUT2D eigenvalue weighted by atomic mass is 32.2. The summed E-state index contributed by atoms with van der Waals surface area (Å²) in [5.74, 6) is 0.980. The number of rotatable bonds is 5. The SMILES string of the molecule is Cc1cc(C(C)(C)C)ccc1SN(C)C(=O)Oc1ccccc1OC(C)C. The van der Waals surface area contributed by atoms with Gasteiger partial charge in [-0.2, -0.15) is 0 Å². The summed E-state index contributed by atoms with van der Waals surface area (Å²) in [6.45, 7) is 12.5. The third-order valence-electron chi connectivity index (χ3n) is 3.94. The smallest absolute Gasteiger partial charge is 0.425 e. The van der Waals surface area contributed by atoms with E-state index >= 15 is 0 Å². The maximum atomic E-state index is 12.5. The highest BCUT2D eigenvalue weighted by molar-refractivity contribution is 7.97. The lowest BCUT2D eigenvalue weighted by atomic mass is 9.86. The van der Waals surface area contributed by atoms with Crippen molar-refractivity contribution in [2.45, 2.75) is 58.0 Å². The summed E-state index contributed by atoms with van der Waals surface area (Å²) in [6.07, 6.45) is -0.444. The summed E-state index contributed by atoms with van der Waals surface area (Å²) >= 11 is 1.35. The van der Waals surface area contributed by atoms with Gasteiger partial charge >= 0.3 is 6.09 Å². The van der Waals surface area contributed by atoms with Crippen molar-refractivity contribution in [3.8, 4) is 11.5 Å². The first-order valence-electron chi connectivity index (χ1n) is 9.08. The molecule has 0 unspecified atom stereocenters. The van der Waals surface area contributed by atoms with Crippen LogP contribution in [0.15, 0.2) is 47.4 Å². The predicted molar refractivity (Wildman–Crippen MR) is 112 cm³/mol. The molecule has 2 aromatic carbocycles. The molecule has 0 saturated carbocycles. The fourth-order valence-corrected chi connectivity index (χ4v) is 3.19. The molecule has 0 N–H and O–H groups in total. The van der Waals surface area contributed by atoms with E-state index in [0.29, 0.717) is 11.5 Å². The number of hydrogen-bond acceptors (Lipinski definition) is 4. The lowest BCUT2D eigenvalue weighted by Crippen LogP contribution is -2.24. The Bertz CT molecular complexity index is 796. The summed E-state index contributed by atoms with van der Waals surface area (Å²) in [7, 11) is 1.70. The molecule has 2 aromatic rings. The zero-order valence-corrected chi connectivity index (χ0v) is 18.0. The van der Waals surface area contributed by atoms with Crippen LogP contribution in [0.25, 0.3) is 0 Å². The molecule has 5 heteroatoms. The minimum Gasteiger partial charge on any atom is -0.487 e. The first-order valence-corrected chi connectivity index (χ1v) is 9.85. The molecular formula is C22H29NO3S. The van der Waals surface area contributed by atoms with Crippen LogP contribution in [0.3, 0.4) is 0 Å². The van der Waals surface area contributed by atoms with Crippen LogP contribution in [0.2, 0.25) is 0 Å². The molecule has 0 fully saturated rings. The van der Waals surface area contributed by atoms with E-state index in [0.717, 1.165) is 10.5 Å². The Kier molecular flexibility index (Phi) is 6.82. The van der Waals surface area contributed by atoms with Crippen molar-refractivity contribution in [2.75, 3.05) is 7.05 Å². The minimum atomic E-state index is -0.445. The maximum absolute atomic E-state index is 12.5. The molecule has 2 rings (SSSR count). The lowest BCUT2D eigenvalue weighted by Gasteiger charge is -2.22. The molecule has 146 valence electrons. The van der Waals surface area contributed by atoms with Gasteiger partial charge in [-0.3, -0.25) is 0 Å². The van der Waals surface area contributed by atoms with Crippen molar-refractivity contribution in [1.29, 1.82) is 0 Å². The van der Waals surface area contributed by atoms with E-state index in [2.05, 4.69) is 45.9 Å². The average molecular weight is 388 g/mol. The summed E-state index contributed by atoms with van der Waals surface area (Å²) in [4.78, 5) is 13.5. The van der Waals surface area contributed by atoms with Crippen molar-refractivity contribution < 1.29 is 14.3 Å². The molecular weight excluding hydrogens is 358 g/mol. The highest BCUT2D eigenvalue weighted by Gasteiger charge is 2.19. The largest absolute Gasteiger partial charge is 0.487 e. The Hall–Kier alpha value is -2.14. The summed E-state index contributed by atoms with van der Waals surface area (Å²) in [5, 5.41) is 0. The number of para-hydroxylation sites is 2. The van der Waals surface area contributed by atoms with E-state index in [-0.39, 0.29) is 11.5 Å². The third kappa shape index (κ3) is 5.93. The molecule has 0 atom stereocenters. The molecule has 0 bridgehead atoms. The molecule has 1 amide bonds. The third-order valence-corrected chi connectivity index (χ3v) is 5.02. The first kappa shape index (κ1) is 21.2. The molecule has 0 aliphatic rings. The van der Waals surface area contributed by atoms with E-state index in [9.17, 15) is 4.79 Å². The number of hydrogen-bond donors (Lipinski definition) is 0. The van der Waals surface area contributed by atoms with Gasteiger partial charge in [0.25, 0.3) is 0 Å². The van der Waals surface area contributed by atoms with Crippen LogP contribution in [-0.4, -0.2) is 23.6 Å². The number of nitrogens with zero attached hydrogens (tertiary/aromatic N) is 1. The van der Waals surface area contributed by atoms with Crippen LogP contribution in [0.4, 0.5) is 4.79 Å². The van der Waals surface area contributed by atoms with Gasteiger partial charge in [-0.25, -0.2) is 9.10 Å². The van der Waals surface area contributed by atoms with Gasteiger partial charge in [-0.1, -0.05) is 45.0 Å². The molecule has 0 radical (unpaired) electrons. The molecule has 4 nitrogen and oxygen atoms in total. The quantitative estimate of drug-likeness (QED) is 0.571. The maximum Gasteiger partial charge on any atom is 0.425 e. The minimum absolute atomic E-state index is 0.000868. The Morgan fingerprint density at radius 3 is 2.26 bits per heavy atom. The van der Waals surface area contributed by atoms with Crippen molar-refractivity contribution in [1.82, 2.24) is 4.31 Å². The Labute approximate surface area is 167 Å². The Morgan fingerprint density at radius 2 is 1.70 bits per heavy atom. The molecule has 0 heterocycles. The normalized spacial score (nSPS) is 11.4. The number of benzene rings is 2. The van der Waals surface area contributed by atoms with Crippen molar-refractivity contribution in [3.63, 3.8) is 0 Å². The standard InChI is InChI=1S/C22H29NO3S/c1-15(2)25-18-10-8-9-11-19(18)26-21(24)23(7)27-20-13-12-17(14-16(20)3)22(4,5)6/h8-15H,1-7H3. The fourth-order valence-electron chi connectivity index (χ4n) is 2.45. The zero-order chi connectivity index (χ0) is 20.2. The first-order chi connectivity index (χ1) is 12.6. The topological polar surface area (TPSA) is 38.8 Å². The van der Waals surface area contributed by atoms with Crippen LogP contribution in [0, 0.1) is 6.92 Å². The molecule has 27 heavy (non-hydrogen) atoms. The Balaban J connectivity index is 2.09. The number of carbonyl (C=O) groups excluding carboxylic acids is 1. The van der Waals surface area contributed by atoms with Crippen molar-refractivity contribution >= 4 is 18.0 Å². The lowest BCUT2D eigenvalue weighted by molar-refractivity contribution is 0.180. The summed E-state index contributed by atoms with van der Waals surface area (Å²) < 4.78 is 12.7. The molecule has 0 aliphatic heterocycles. The van der Waals surface area contributed by atoms with Crippen molar-refractivity contribution in [3.05, 3.63) is 53.6 Å². The van der Waals surface area contributed by atoms with Crippen LogP contribution in [-0.2, 0) is 5.41 Å². The monoisotopic (exact) mass is 387 g/mol. The van der Waals surface area contributed by atoms with Gasteiger partial charge in [0.1, 0.15) is 0 Å². The summed E-state index contributed by atoms with van der Waals surface area (Å²) in [6, 6.07) is 13.5. The molecule has 0 spiro atoms. The van der Waals surface area contributed by atoms with Gasteiger partial charge in [-0.05, 0) is 67.5 Å². The second kappa shape index (κ2) is 8.70. The second-order valence-electron chi connectivity index (χ2n) is 7.80. The zero-order valence-electron chi connectivity index (χ0n) is 17.2. The van der Waals surface area contributed by atoms with Crippen LogP contribution < -0.4 is 9.47 Å². The van der Waals surface area contributed by atoms with Gasteiger partial charge in [0.2, 0.25) is 0 Å².